The summed E-state index contributed by atoms with van der Waals surface area (Å²) in [7, 11) is 0. The van der Waals surface area contributed by atoms with Gasteiger partial charge in [0.15, 0.2) is 0 Å². The summed E-state index contributed by atoms with van der Waals surface area (Å²) in [5, 5.41) is 23.4. The lowest BCUT2D eigenvalue weighted by atomic mass is 9.47. The highest BCUT2D eigenvalue weighted by Gasteiger charge is 2.59. The van der Waals surface area contributed by atoms with Gasteiger partial charge in [-0.1, -0.05) is 98.0 Å². The molecule has 3 heteroatoms. The molecule has 0 aliphatic heterocycles. The lowest BCUT2D eigenvalue weighted by molar-refractivity contribution is -0.0497. The predicted molar refractivity (Wildman–Crippen MR) is 217 cm³/mol. The molecule has 6 aliphatic carbocycles. The highest BCUT2D eigenvalue weighted by atomic mass is 32.2. The number of aromatic hydroxyl groups is 2. The van der Waals surface area contributed by atoms with Crippen LogP contribution in [0.1, 0.15) is 164 Å². The molecule has 1 aromatic rings. The number of phenolic OH excluding ortho intramolecular Hbond substituents is 2. The van der Waals surface area contributed by atoms with Crippen LogP contribution in [0.5, 0.6) is 11.5 Å². The van der Waals surface area contributed by atoms with Gasteiger partial charge in [-0.2, -0.15) is 0 Å². The van der Waals surface area contributed by atoms with Crippen LogP contribution >= 0.6 is 11.8 Å². The number of fused-ring (bicyclic) bond motifs is 6. The van der Waals surface area contributed by atoms with Crippen molar-refractivity contribution in [2.45, 2.75) is 175 Å². The van der Waals surface area contributed by atoms with Crippen LogP contribution in [-0.4, -0.2) is 15.5 Å². The summed E-state index contributed by atoms with van der Waals surface area (Å²) >= 11 is 1.85. The second kappa shape index (κ2) is 14.1. The third-order valence-corrected chi connectivity index (χ3v) is 19.2. The molecule has 51 heavy (non-hydrogen) atoms. The Morgan fingerprint density at radius 1 is 0.843 bits per heavy atom. The van der Waals surface area contributed by atoms with Crippen LogP contribution in [0.3, 0.4) is 0 Å². The Hall–Kier alpha value is -1.35. The Morgan fingerprint density at radius 2 is 1.61 bits per heavy atom. The molecule has 0 heterocycles. The Morgan fingerprint density at radius 3 is 2.37 bits per heavy atom. The second-order valence-electron chi connectivity index (χ2n) is 20.8. The molecule has 0 spiro atoms. The Labute approximate surface area is 317 Å². The Bertz CT molecular complexity index is 1510. The van der Waals surface area contributed by atoms with Crippen LogP contribution in [0.15, 0.2) is 40.3 Å². The first-order valence-corrected chi connectivity index (χ1v) is 22.6. The molecular formula is C48H74O2S. The molecule has 0 unspecified atom stereocenters. The summed E-state index contributed by atoms with van der Waals surface area (Å²) in [5.74, 6) is 7.14. The van der Waals surface area contributed by atoms with E-state index in [1.807, 2.05) is 23.9 Å². The summed E-state index contributed by atoms with van der Waals surface area (Å²) in [6.07, 6.45) is 25.8. The summed E-state index contributed by atoms with van der Waals surface area (Å²) in [6.45, 7) is 22.5. The molecule has 12 atom stereocenters. The third kappa shape index (κ3) is 6.50. The molecular weight excluding hydrogens is 641 g/mol. The van der Waals surface area contributed by atoms with Gasteiger partial charge in [0.2, 0.25) is 0 Å². The maximum absolute atomic E-state index is 11.9. The molecule has 6 aliphatic rings. The summed E-state index contributed by atoms with van der Waals surface area (Å²) in [5.41, 5.74) is 5.45. The van der Waals surface area contributed by atoms with E-state index in [0.717, 1.165) is 65.2 Å². The first kappa shape index (κ1) is 37.9. The van der Waals surface area contributed by atoms with Crippen molar-refractivity contribution >= 4 is 11.8 Å². The molecule has 0 amide bonds. The van der Waals surface area contributed by atoms with Gasteiger partial charge in [-0.3, -0.25) is 0 Å². The Kier molecular flexibility index (Phi) is 10.5. The molecule has 0 aromatic heterocycles. The number of rotatable bonds is 9. The van der Waals surface area contributed by atoms with Crippen molar-refractivity contribution in [1.29, 1.82) is 0 Å². The van der Waals surface area contributed by atoms with Crippen molar-refractivity contribution in [3.8, 4) is 11.5 Å². The fraction of sp³-hybridized carbons (Fsp3) is 0.792. The number of allylic oxidation sites excluding steroid dienone is 4. The van der Waals surface area contributed by atoms with Crippen molar-refractivity contribution < 1.29 is 10.2 Å². The van der Waals surface area contributed by atoms with Gasteiger partial charge >= 0.3 is 0 Å². The molecule has 7 rings (SSSR count). The highest BCUT2D eigenvalue weighted by Crippen LogP contribution is 2.68. The third-order valence-electron chi connectivity index (χ3n) is 17.9. The number of hydrogen-bond acceptors (Lipinski definition) is 3. The van der Waals surface area contributed by atoms with Crippen LogP contribution in [0.2, 0.25) is 0 Å². The topological polar surface area (TPSA) is 40.5 Å². The standard InChI is InChI=1S/C48H74O2S/c1-30(2)12-10-13-31(3)39-18-19-40-38-17-16-35-27-37(21-24-46(35,7)41(38)22-25-47(39,40)8)51-42-28-36(49)26-34(44(42)50)29-48(9)33(5)20-23-45(6)32(4)14-11-15-43(45)48/h14,16,26,28,30-31,33,37-41,43,49-50H,10-13,15,17-25,27,29H2,1-9H3/t31-,33+,37+,38+,39-,40+,41+,43-,45-,46+,47-,48-/m1/s1. The van der Waals surface area contributed by atoms with Gasteiger partial charge in [0.1, 0.15) is 11.5 Å². The van der Waals surface area contributed by atoms with E-state index < -0.39 is 0 Å². The van der Waals surface area contributed by atoms with E-state index in [9.17, 15) is 10.2 Å². The molecule has 4 fully saturated rings. The van der Waals surface area contributed by atoms with Gasteiger partial charge in [0.05, 0.1) is 4.90 Å². The van der Waals surface area contributed by atoms with Gasteiger partial charge in [0, 0.05) is 5.25 Å². The maximum atomic E-state index is 11.9. The first-order chi connectivity index (χ1) is 24.1. The van der Waals surface area contributed by atoms with E-state index in [2.05, 4.69) is 74.5 Å². The fourth-order valence-electron chi connectivity index (χ4n) is 14.4. The van der Waals surface area contributed by atoms with Crippen molar-refractivity contribution in [3.05, 3.63) is 41.0 Å². The van der Waals surface area contributed by atoms with E-state index in [4.69, 9.17) is 0 Å². The van der Waals surface area contributed by atoms with Crippen LogP contribution in [0.25, 0.3) is 0 Å². The van der Waals surface area contributed by atoms with Gasteiger partial charge in [-0.25, -0.2) is 0 Å². The van der Waals surface area contributed by atoms with Crippen LogP contribution in [0.4, 0.5) is 0 Å². The molecule has 284 valence electrons. The quantitative estimate of drug-likeness (QED) is 0.198. The van der Waals surface area contributed by atoms with Crippen molar-refractivity contribution in [1.82, 2.24) is 0 Å². The van der Waals surface area contributed by atoms with Gasteiger partial charge in [-0.15, -0.1) is 11.8 Å². The van der Waals surface area contributed by atoms with Crippen molar-refractivity contribution in [3.63, 3.8) is 0 Å². The number of benzene rings is 1. The zero-order valence-corrected chi connectivity index (χ0v) is 34.9. The maximum Gasteiger partial charge on any atom is 0.132 e. The molecule has 2 nitrogen and oxygen atoms in total. The summed E-state index contributed by atoms with van der Waals surface area (Å²) in [6, 6.07) is 3.74. The predicted octanol–water partition coefficient (Wildman–Crippen LogP) is 13.9. The van der Waals surface area contributed by atoms with Gasteiger partial charge in [-0.05, 0) is 177 Å². The van der Waals surface area contributed by atoms with E-state index in [1.165, 1.54) is 83.5 Å². The molecule has 1 aromatic carbocycles. The SMILES string of the molecule is CC1=CCC[C@H]2[C@](C)(Cc3cc(O)cc(S[C@H]4CC[C@@]5(C)C(=CC[C@H]6[C@@H]7CC[C@H]([C@H](C)CCCC(C)C)[C@@]7(C)CC[C@@H]65)C4)c3O)[C@@H](C)CC[C@]12C. The number of thioether (sulfide) groups is 1. The van der Waals surface area contributed by atoms with Crippen molar-refractivity contribution in [2.75, 3.05) is 0 Å². The molecule has 2 N–H and O–H groups in total. The molecule has 0 radical (unpaired) electrons. The van der Waals surface area contributed by atoms with Gasteiger partial charge < -0.3 is 10.2 Å². The molecule has 0 saturated heterocycles. The van der Waals surface area contributed by atoms with Crippen LogP contribution in [0, 0.1) is 69.0 Å². The summed E-state index contributed by atoms with van der Waals surface area (Å²) < 4.78 is 0. The average molecular weight is 715 g/mol. The smallest absolute Gasteiger partial charge is 0.132 e. The lowest BCUT2D eigenvalue weighted by Gasteiger charge is -2.58. The fourth-order valence-corrected chi connectivity index (χ4v) is 15.7. The average Bonchev–Trinajstić information content (AvgIpc) is 3.43. The van der Waals surface area contributed by atoms with Crippen molar-refractivity contribution in [2.24, 2.45) is 69.0 Å². The van der Waals surface area contributed by atoms with Crippen LogP contribution < -0.4 is 0 Å². The zero-order valence-electron chi connectivity index (χ0n) is 34.1. The Balaban J connectivity index is 1.05. The zero-order chi connectivity index (χ0) is 36.5. The lowest BCUT2D eigenvalue weighted by Crippen LogP contribution is -2.50. The largest absolute Gasteiger partial charge is 0.508 e. The van der Waals surface area contributed by atoms with E-state index >= 15 is 0 Å². The molecule has 0 bridgehead atoms. The minimum absolute atomic E-state index is 0.0903. The monoisotopic (exact) mass is 715 g/mol. The molecule has 4 saturated carbocycles. The van der Waals surface area contributed by atoms with E-state index in [-0.39, 0.29) is 10.8 Å². The number of hydrogen-bond donors (Lipinski definition) is 2. The number of phenols is 2. The second-order valence-corrected chi connectivity index (χ2v) is 22.1. The minimum Gasteiger partial charge on any atom is -0.508 e. The first-order valence-electron chi connectivity index (χ1n) is 21.7. The van der Waals surface area contributed by atoms with E-state index in [0.29, 0.717) is 39.4 Å². The normalized spacial score (nSPS) is 42.7. The van der Waals surface area contributed by atoms with E-state index in [1.54, 1.807) is 11.1 Å². The minimum atomic E-state index is 0.0903. The summed E-state index contributed by atoms with van der Waals surface area (Å²) in [4.78, 5) is 0.898. The highest BCUT2D eigenvalue weighted by molar-refractivity contribution is 8.00. The van der Waals surface area contributed by atoms with Gasteiger partial charge in [0.25, 0.3) is 0 Å². The van der Waals surface area contributed by atoms with Crippen LogP contribution in [-0.2, 0) is 6.42 Å².